The molecule has 6 nitrogen and oxygen atoms in total. The molecule has 1 atom stereocenters. The van der Waals surface area contributed by atoms with Crippen molar-refractivity contribution in [3.05, 3.63) is 24.3 Å². The molecule has 3 aliphatic rings. The van der Waals surface area contributed by atoms with Crippen molar-refractivity contribution in [1.29, 1.82) is 0 Å². The maximum absolute atomic E-state index is 12.8. The first kappa shape index (κ1) is 20.6. The van der Waals surface area contributed by atoms with Gasteiger partial charge in [-0.15, -0.1) is 0 Å². The Morgan fingerprint density at radius 1 is 1.03 bits per heavy atom. The zero-order valence-corrected chi connectivity index (χ0v) is 17.6. The van der Waals surface area contributed by atoms with Crippen LogP contribution in [0.5, 0.6) is 5.75 Å². The van der Waals surface area contributed by atoms with Crippen LogP contribution >= 0.6 is 0 Å². The lowest BCUT2D eigenvalue weighted by molar-refractivity contribution is -0.122. The summed E-state index contributed by atoms with van der Waals surface area (Å²) in [6.45, 7) is 5.86. The largest absolute Gasteiger partial charge is 0.490 e. The molecule has 1 aromatic carbocycles. The van der Waals surface area contributed by atoms with E-state index in [0.29, 0.717) is 12.1 Å². The van der Waals surface area contributed by atoms with Crippen LogP contribution < -0.4 is 10.1 Å². The lowest BCUT2D eigenvalue weighted by Crippen LogP contribution is -2.47. The average Bonchev–Trinajstić information content (AvgIpc) is 2.77. The fourth-order valence-corrected chi connectivity index (χ4v) is 4.76. The number of benzene rings is 1. The second kappa shape index (κ2) is 9.92. The highest BCUT2D eigenvalue weighted by molar-refractivity contribution is 5.92. The highest BCUT2D eigenvalue weighted by atomic mass is 16.5. The Bertz CT molecular complexity index is 652. The van der Waals surface area contributed by atoms with Gasteiger partial charge in [0.25, 0.3) is 0 Å². The van der Waals surface area contributed by atoms with Gasteiger partial charge in [0.15, 0.2) is 0 Å². The summed E-state index contributed by atoms with van der Waals surface area (Å²) >= 11 is 0. The van der Waals surface area contributed by atoms with Crippen molar-refractivity contribution < 1.29 is 14.3 Å². The zero-order chi connectivity index (χ0) is 20.1. The lowest BCUT2D eigenvalue weighted by atomic mass is 9.94. The van der Waals surface area contributed by atoms with E-state index in [9.17, 15) is 4.79 Å². The number of nitrogens with zero attached hydrogens (tertiary/aromatic N) is 2. The van der Waals surface area contributed by atoms with E-state index < -0.39 is 0 Å². The smallest absolute Gasteiger partial charge is 0.228 e. The van der Waals surface area contributed by atoms with Gasteiger partial charge in [0, 0.05) is 44.6 Å². The van der Waals surface area contributed by atoms with E-state index in [4.69, 9.17) is 9.47 Å². The summed E-state index contributed by atoms with van der Waals surface area (Å²) in [5.41, 5.74) is 0.855. The molecule has 0 saturated carbocycles. The predicted octanol–water partition coefficient (Wildman–Crippen LogP) is 2.99. The summed E-state index contributed by atoms with van der Waals surface area (Å²) in [5.74, 6) is 1.11. The van der Waals surface area contributed by atoms with E-state index in [2.05, 4.69) is 22.2 Å². The van der Waals surface area contributed by atoms with Crippen LogP contribution in [0.2, 0.25) is 0 Å². The van der Waals surface area contributed by atoms with Crippen LogP contribution in [0.15, 0.2) is 24.3 Å². The lowest BCUT2D eigenvalue weighted by Gasteiger charge is -2.39. The van der Waals surface area contributed by atoms with Crippen LogP contribution in [0.4, 0.5) is 5.69 Å². The van der Waals surface area contributed by atoms with E-state index in [1.165, 1.54) is 0 Å². The molecule has 29 heavy (non-hydrogen) atoms. The highest BCUT2D eigenvalue weighted by Crippen LogP contribution is 2.25. The van der Waals surface area contributed by atoms with Gasteiger partial charge >= 0.3 is 0 Å². The van der Waals surface area contributed by atoms with Crippen LogP contribution in [0.25, 0.3) is 0 Å². The third-order valence-corrected chi connectivity index (χ3v) is 6.62. The third kappa shape index (κ3) is 5.71. The second-order valence-electron chi connectivity index (χ2n) is 8.81. The van der Waals surface area contributed by atoms with Crippen molar-refractivity contribution in [2.75, 3.05) is 51.8 Å². The van der Waals surface area contributed by atoms with Crippen molar-refractivity contribution in [2.45, 2.75) is 50.7 Å². The molecule has 3 fully saturated rings. The van der Waals surface area contributed by atoms with Gasteiger partial charge in [0.1, 0.15) is 11.9 Å². The first-order valence-electron chi connectivity index (χ1n) is 11.3. The minimum atomic E-state index is 0.0711. The van der Waals surface area contributed by atoms with Gasteiger partial charge in [-0.1, -0.05) is 0 Å². The molecule has 1 unspecified atom stereocenters. The number of ether oxygens (including phenoxy) is 2. The minimum absolute atomic E-state index is 0.0711. The summed E-state index contributed by atoms with van der Waals surface area (Å²) in [7, 11) is 2.16. The van der Waals surface area contributed by atoms with E-state index >= 15 is 0 Å². The number of hydrogen-bond donors (Lipinski definition) is 1. The summed E-state index contributed by atoms with van der Waals surface area (Å²) in [4.78, 5) is 17.7. The number of amides is 1. The van der Waals surface area contributed by atoms with Crippen LogP contribution in [0, 0.1) is 5.92 Å². The molecule has 0 spiro atoms. The normalized spacial score (nSPS) is 25.6. The molecule has 3 saturated heterocycles. The van der Waals surface area contributed by atoms with Gasteiger partial charge in [-0.2, -0.15) is 0 Å². The van der Waals surface area contributed by atoms with E-state index in [-0.39, 0.29) is 11.8 Å². The second-order valence-corrected chi connectivity index (χ2v) is 8.81. The SMILES string of the molecule is CN1CCC(Oc2ccc(NC(=O)C3CCCN(C4CCOCC4)C3)cc2)CC1. The molecule has 3 heterocycles. The maximum Gasteiger partial charge on any atom is 0.228 e. The third-order valence-electron chi connectivity index (χ3n) is 6.62. The Hall–Kier alpha value is -1.63. The molecular formula is C23H35N3O3. The van der Waals surface area contributed by atoms with E-state index in [0.717, 1.165) is 89.4 Å². The number of hydrogen-bond acceptors (Lipinski definition) is 5. The number of nitrogens with one attached hydrogen (secondary N) is 1. The van der Waals surface area contributed by atoms with Crippen molar-refractivity contribution >= 4 is 11.6 Å². The monoisotopic (exact) mass is 401 g/mol. The number of anilines is 1. The summed E-state index contributed by atoms with van der Waals surface area (Å²) in [6, 6.07) is 8.45. The van der Waals surface area contributed by atoms with Crippen molar-refractivity contribution in [3.8, 4) is 5.75 Å². The van der Waals surface area contributed by atoms with E-state index in [1.807, 2.05) is 24.3 Å². The van der Waals surface area contributed by atoms with Crippen LogP contribution in [-0.4, -0.2) is 74.3 Å². The first-order valence-corrected chi connectivity index (χ1v) is 11.3. The van der Waals surface area contributed by atoms with E-state index in [1.54, 1.807) is 0 Å². The Labute approximate surface area is 174 Å². The standard InChI is InChI=1S/C23H35N3O3/c1-25-13-8-22(9-14-25)29-21-6-4-19(5-7-21)24-23(27)18-3-2-12-26(17-18)20-10-15-28-16-11-20/h4-7,18,20,22H,2-3,8-17H2,1H3,(H,24,27). The van der Waals surface area contributed by atoms with Crippen molar-refractivity contribution in [1.82, 2.24) is 9.80 Å². The van der Waals surface area contributed by atoms with Crippen LogP contribution in [0.1, 0.15) is 38.5 Å². The highest BCUT2D eigenvalue weighted by Gasteiger charge is 2.30. The fraction of sp³-hybridized carbons (Fsp3) is 0.696. The molecule has 1 N–H and O–H groups in total. The maximum atomic E-state index is 12.8. The molecular weight excluding hydrogens is 366 g/mol. The predicted molar refractivity (Wildman–Crippen MR) is 114 cm³/mol. The average molecular weight is 402 g/mol. The van der Waals surface area contributed by atoms with Gasteiger partial charge in [-0.25, -0.2) is 0 Å². The van der Waals surface area contributed by atoms with Gasteiger partial charge in [-0.05, 0) is 76.4 Å². The van der Waals surface area contributed by atoms with Gasteiger partial charge < -0.3 is 19.7 Å². The molecule has 0 aliphatic carbocycles. The zero-order valence-electron chi connectivity index (χ0n) is 17.6. The number of rotatable bonds is 5. The molecule has 3 aliphatic heterocycles. The van der Waals surface area contributed by atoms with Gasteiger partial charge in [0.05, 0.1) is 5.92 Å². The van der Waals surface area contributed by atoms with Crippen LogP contribution in [0.3, 0.4) is 0 Å². The number of carbonyl (C=O) groups excluding carboxylic acids is 1. The topological polar surface area (TPSA) is 54.0 Å². The first-order chi connectivity index (χ1) is 14.2. The number of likely N-dealkylation sites (tertiary alicyclic amines) is 2. The summed E-state index contributed by atoms with van der Waals surface area (Å²) < 4.78 is 11.6. The molecule has 4 rings (SSSR count). The number of carbonyl (C=O) groups is 1. The molecule has 1 aromatic rings. The fourth-order valence-electron chi connectivity index (χ4n) is 4.76. The number of piperidine rings is 2. The molecule has 160 valence electrons. The Balaban J connectivity index is 1.26. The quantitative estimate of drug-likeness (QED) is 0.822. The van der Waals surface area contributed by atoms with Crippen molar-refractivity contribution in [3.63, 3.8) is 0 Å². The van der Waals surface area contributed by atoms with Gasteiger partial charge in [-0.3, -0.25) is 9.69 Å². The Morgan fingerprint density at radius 3 is 2.48 bits per heavy atom. The molecule has 0 bridgehead atoms. The van der Waals surface area contributed by atoms with Crippen LogP contribution in [-0.2, 0) is 9.53 Å². The Morgan fingerprint density at radius 2 is 1.76 bits per heavy atom. The van der Waals surface area contributed by atoms with Gasteiger partial charge in [0.2, 0.25) is 5.91 Å². The molecule has 0 aromatic heterocycles. The summed E-state index contributed by atoms with van der Waals surface area (Å²) in [5, 5.41) is 3.12. The molecule has 6 heteroatoms. The van der Waals surface area contributed by atoms with Crippen molar-refractivity contribution in [2.24, 2.45) is 5.92 Å². The minimum Gasteiger partial charge on any atom is -0.490 e. The summed E-state index contributed by atoms with van der Waals surface area (Å²) in [6.07, 6.45) is 6.69. The molecule has 0 radical (unpaired) electrons. The Kier molecular flexibility index (Phi) is 7.06. The molecule has 1 amide bonds.